The predicted octanol–water partition coefficient (Wildman–Crippen LogP) is 4.96. The summed E-state index contributed by atoms with van der Waals surface area (Å²) in [5.74, 6) is -2.04. The van der Waals surface area contributed by atoms with Crippen LogP contribution in [0.4, 0.5) is 8.78 Å². The molecule has 0 spiro atoms. The minimum Gasteiger partial charge on any atom is -0.489 e. The molecule has 0 unspecified atom stereocenters. The van der Waals surface area contributed by atoms with E-state index in [1.54, 1.807) is 13.0 Å². The summed E-state index contributed by atoms with van der Waals surface area (Å²) < 4.78 is 33.9. The molecule has 0 bridgehead atoms. The first-order valence-corrected chi connectivity index (χ1v) is 12.2. The number of nitrogens with zero attached hydrogens (tertiary/aromatic N) is 1. The highest BCUT2D eigenvalue weighted by molar-refractivity contribution is 6.31. The Morgan fingerprint density at radius 3 is 2.89 bits per heavy atom. The van der Waals surface area contributed by atoms with Gasteiger partial charge in [0.05, 0.1) is 18.6 Å². The van der Waals surface area contributed by atoms with Crippen molar-refractivity contribution in [1.82, 2.24) is 15.2 Å². The standard InChI is InChI=1S/C26H30ClF2N3O3/c1-16(26(33)34)15-32-13-9-18-17-5-2-3-6-20(17)31-24(18)25(32)22-19(27)7-8-21(23(22)29)35-14-12-30-11-4-10-28/h2-3,5-8,16,25,30-31H,4,9-15H2,1H3,(H,33,34)/t16-,25+/m0/s1. The maximum Gasteiger partial charge on any atom is 0.307 e. The van der Waals surface area contributed by atoms with Gasteiger partial charge in [0.1, 0.15) is 6.61 Å². The Kier molecular flexibility index (Phi) is 8.26. The van der Waals surface area contributed by atoms with Crippen LogP contribution in [-0.2, 0) is 11.2 Å². The summed E-state index contributed by atoms with van der Waals surface area (Å²) in [4.78, 5) is 17.0. The molecule has 0 fully saturated rings. The van der Waals surface area contributed by atoms with Crippen molar-refractivity contribution in [1.29, 1.82) is 0 Å². The van der Waals surface area contributed by atoms with E-state index in [2.05, 4.69) is 10.3 Å². The largest absolute Gasteiger partial charge is 0.489 e. The maximum atomic E-state index is 15.9. The number of carboxylic acid groups (broad SMARTS) is 1. The lowest BCUT2D eigenvalue weighted by Gasteiger charge is -2.37. The number of fused-ring (bicyclic) bond motifs is 3. The molecule has 0 saturated carbocycles. The Bertz CT molecular complexity index is 1190. The van der Waals surface area contributed by atoms with Crippen LogP contribution in [0.3, 0.4) is 0 Å². The second-order valence-electron chi connectivity index (χ2n) is 8.86. The van der Waals surface area contributed by atoms with Crippen LogP contribution in [0.1, 0.15) is 36.2 Å². The molecule has 2 aromatic carbocycles. The molecule has 2 atom stereocenters. The average Bonchev–Trinajstić information content (AvgIpc) is 3.22. The Morgan fingerprint density at radius 1 is 1.31 bits per heavy atom. The van der Waals surface area contributed by atoms with Crippen molar-refractivity contribution < 1.29 is 23.4 Å². The lowest BCUT2D eigenvalue weighted by atomic mass is 9.91. The minimum atomic E-state index is -0.907. The van der Waals surface area contributed by atoms with E-state index in [0.29, 0.717) is 32.5 Å². The minimum absolute atomic E-state index is 0.0751. The summed E-state index contributed by atoms with van der Waals surface area (Å²) in [5, 5.41) is 13.9. The number of hydrogen-bond donors (Lipinski definition) is 3. The number of carbonyl (C=O) groups is 1. The zero-order valence-corrected chi connectivity index (χ0v) is 20.4. The van der Waals surface area contributed by atoms with Gasteiger partial charge in [-0.25, -0.2) is 4.39 Å². The summed E-state index contributed by atoms with van der Waals surface area (Å²) in [6, 6.07) is 10.4. The number of aliphatic carboxylic acids is 1. The first kappa shape index (κ1) is 25.4. The van der Waals surface area contributed by atoms with Crippen LogP contribution in [0.25, 0.3) is 10.9 Å². The van der Waals surface area contributed by atoms with Gasteiger partial charge in [-0.1, -0.05) is 36.7 Å². The molecule has 9 heteroatoms. The van der Waals surface area contributed by atoms with E-state index in [-0.39, 0.29) is 29.5 Å². The molecule has 6 nitrogen and oxygen atoms in total. The number of nitrogens with one attached hydrogen (secondary N) is 2. The van der Waals surface area contributed by atoms with Crippen molar-refractivity contribution >= 4 is 28.5 Å². The molecule has 3 N–H and O–H groups in total. The zero-order valence-electron chi connectivity index (χ0n) is 19.6. The average molecular weight is 506 g/mol. The number of hydrogen-bond acceptors (Lipinski definition) is 4. The van der Waals surface area contributed by atoms with Crippen LogP contribution in [-0.4, -0.2) is 60.4 Å². The Labute approximate surface area is 208 Å². The quantitative estimate of drug-likeness (QED) is 0.321. The Hall–Kier alpha value is -2.68. The van der Waals surface area contributed by atoms with Gasteiger partial charge < -0.3 is 20.1 Å². The fourth-order valence-corrected chi connectivity index (χ4v) is 4.95. The molecule has 0 amide bonds. The molecule has 0 radical (unpaired) electrons. The van der Waals surface area contributed by atoms with E-state index < -0.39 is 30.4 Å². The number of alkyl halides is 1. The van der Waals surface area contributed by atoms with Gasteiger partial charge in [-0.05, 0) is 43.1 Å². The monoisotopic (exact) mass is 505 g/mol. The van der Waals surface area contributed by atoms with Crippen molar-refractivity contribution in [3.8, 4) is 5.75 Å². The van der Waals surface area contributed by atoms with Crippen LogP contribution in [0.15, 0.2) is 36.4 Å². The molecule has 2 heterocycles. The molecule has 0 aliphatic carbocycles. The molecular weight excluding hydrogens is 476 g/mol. The molecule has 1 aliphatic heterocycles. The number of benzene rings is 2. The topological polar surface area (TPSA) is 77.6 Å². The number of rotatable bonds is 11. The molecule has 1 aliphatic rings. The van der Waals surface area contributed by atoms with Crippen LogP contribution in [0.5, 0.6) is 5.75 Å². The highest BCUT2D eigenvalue weighted by atomic mass is 35.5. The van der Waals surface area contributed by atoms with Gasteiger partial charge in [0.2, 0.25) is 0 Å². The van der Waals surface area contributed by atoms with Gasteiger partial charge in [-0.2, -0.15) is 0 Å². The number of carboxylic acids is 1. The van der Waals surface area contributed by atoms with Crippen LogP contribution >= 0.6 is 11.6 Å². The number of ether oxygens (including phenoxy) is 1. The molecule has 4 rings (SSSR count). The third-order valence-electron chi connectivity index (χ3n) is 6.45. The van der Waals surface area contributed by atoms with Crippen LogP contribution in [0.2, 0.25) is 5.02 Å². The molecule has 0 saturated heterocycles. The van der Waals surface area contributed by atoms with Gasteiger partial charge in [-0.15, -0.1) is 0 Å². The predicted molar refractivity (Wildman–Crippen MR) is 133 cm³/mol. The molecule has 35 heavy (non-hydrogen) atoms. The fraction of sp³-hybridized carbons (Fsp3) is 0.423. The Balaban J connectivity index is 1.70. The highest BCUT2D eigenvalue weighted by Crippen LogP contribution is 2.43. The summed E-state index contributed by atoms with van der Waals surface area (Å²) >= 11 is 6.58. The number of aromatic amines is 1. The van der Waals surface area contributed by atoms with Crippen LogP contribution < -0.4 is 10.1 Å². The smallest absolute Gasteiger partial charge is 0.307 e. The van der Waals surface area contributed by atoms with Crippen molar-refractivity contribution in [2.45, 2.75) is 25.8 Å². The summed E-state index contributed by atoms with van der Waals surface area (Å²) in [5.41, 5.74) is 3.11. The van der Waals surface area contributed by atoms with E-state index in [4.69, 9.17) is 16.3 Å². The van der Waals surface area contributed by atoms with E-state index >= 15 is 4.39 Å². The van der Waals surface area contributed by atoms with Gasteiger partial charge in [0.15, 0.2) is 11.6 Å². The van der Waals surface area contributed by atoms with Crippen molar-refractivity contribution in [3.05, 3.63) is 64.1 Å². The number of para-hydroxylation sites is 1. The molecule has 188 valence electrons. The lowest BCUT2D eigenvalue weighted by Crippen LogP contribution is -2.40. The second kappa shape index (κ2) is 11.4. The molecule has 1 aromatic heterocycles. The molecule has 3 aromatic rings. The highest BCUT2D eigenvalue weighted by Gasteiger charge is 2.36. The van der Waals surface area contributed by atoms with Crippen molar-refractivity contribution in [2.24, 2.45) is 5.92 Å². The van der Waals surface area contributed by atoms with E-state index in [1.165, 1.54) is 6.07 Å². The maximum absolute atomic E-state index is 15.9. The number of halogens is 3. The first-order valence-electron chi connectivity index (χ1n) is 11.9. The van der Waals surface area contributed by atoms with Gasteiger partial charge in [0, 0.05) is 46.8 Å². The number of H-pyrrole nitrogens is 1. The Morgan fingerprint density at radius 2 is 2.11 bits per heavy atom. The summed E-state index contributed by atoms with van der Waals surface area (Å²) in [6.07, 6.45) is 1.13. The van der Waals surface area contributed by atoms with Crippen molar-refractivity contribution in [2.75, 3.05) is 39.5 Å². The first-order chi connectivity index (χ1) is 16.9. The molecular formula is C26H30ClF2N3O3. The summed E-state index contributed by atoms with van der Waals surface area (Å²) in [6.45, 7) is 3.26. The third kappa shape index (κ3) is 5.44. The van der Waals surface area contributed by atoms with Crippen molar-refractivity contribution in [3.63, 3.8) is 0 Å². The number of aromatic nitrogens is 1. The van der Waals surface area contributed by atoms with Gasteiger partial charge >= 0.3 is 5.97 Å². The normalized spacial score (nSPS) is 16.9. The summed E-state index contributed by atoms with van der Waals surface area (Å²) in [7, 11) is 0. The van der Waals surface area contributed by atoms with Gasteiger partial charge in [0.25, 0.3) is 0 Å². The SMILES string of the molecule is C[C@@H](CN1CCc2c([nH]c3ccccc23)[C@H]1c1c(Cl)ccc(OCCNCCCF)c1F)C(=O)O. The lowest BCUT2D eigenvalue weighted by molar-refractivity contribution is -0.141. The fourth-order valence-electron chi connectivity index (χ4n) is 4.71. The second-order valence-corrected chi connectivity index (χ2v) is 9.27. The van der Waals surface area contributed by atoms with Crippen LogP contribution in [0, 0.1) is 11.7 Å². The van der Waals surface area contributed by atoms with E-state index in [1.807, 2.05) is 29.2 Å². The zero-order chi connectivity index (χ0) is 24.9. The van der Waals surface area contributed by atoms with Gasteiger partial charge in [-0.3, -0.25) is 14.1 Å². The van der Waals surface area contributed by atoms with E-state index in [0.717, 1.165) is 22.2 Å². The van der Waals surface area contributed by atoms with E-state index in [9.17, 15) is 14.3 Å². The third-order valence-corrected chi connectivity index (χ3v) is 6.78.